The van der Waals surface area contributed by atoms with E-state index >= 15 is 0 Å². The van der Waals surface area contributed by atoms with E-state index in [1.54, 1.807) is 6.07 Å². The highest BCUT2D eigenvalue weighted by Gasteiger charge is 2.33. The third kappa shape index (κ3) is 2.75. The van der Waals surface area contributed by atoms with E-state index in [4.69, 9.17) is 0 Å². The van der Waals surface area contributed by atoms with Crippen LogP contribution in [0.1, 0.15) is 36.0 Å². The lowest BCUT2D eigenvalue weighted by atomic mass is 9.82. The zero-order valence-electron chi connectivity index (χ0n) is 11.6. The molecule has 0 radical (unpaired) electrons. The smallest absolute Gasteiger partial charge is 0.382 e. The number of benzene rings is 2. The van der Waals surface area contributed by atoms with Crippen LogP contribution in [0, 0.1) is 0 Å². The Labute approximate surface area is 121 Å². The fourth-order valence-electron chi connectivity index (χ4n) is 2.97. The molecule has 3 rings (SSSR count). The normalized spacial score (nSPS) is 21.5. The Kier molecular flexibility index (Phi) is 3.40. The molecule has 0 spiro atoms. The van der Waals surface area contributed by atoms with Crippen LogP contribution in [0.2, 0.25) is 0 Å². The van der Waals surface area contributed by atoms with Crippen molar-refractivity contribution < 1.29 is 13.2 Å². The van der Waals surface area contributed by atoms with E-state index in [9.17, 15) is 13.2 Å². The average molecular weight is 291 g/mol. The van der Waals surface area contributed by atoms with Crippen molar-refractivity contribution in [3.63, 3.8) is 0 Å². The molecule has 0 fully saturated rings. The van der Waals surface area contributed by atoms with E-state index in [2.05, 4.69) is 5.32 Å². The van der Waals surface area contributed by atoms with Crippen molar-refractivity contribution in [3.05, 3.63) is 65.2 Å². The zero-order valence-corrected chi connectivity index (χ0v) is 11.6. The number of fused-ring (bicyclic) bond motifs is 1. The first-order valence-corrected chi connectivity index (χ1v) is 6.98. The van der Waals surface area contributed by atoms with Crippen LogP contribution in [0.4, 0.5) is 18.9 Å². The number of hydrogen-bond donors (Lipinski definition) is 1. The predicted molar refractivity (Wildman–Crippen MR) is 77.4 cm³/mol. The number of halogens is 3. The molecule has 2 aromatic carbocycles. The minimum atomic E-state index is -4.31. The van der Waals surface area contributed by atoms with Crippen molar-refractivity contribution in [2.75, 3.05) is 5.32 Å². The quantitative estimate of drug-likeness (QED) is 0.776. The molecule has 0 aliphatic carbocycles. The van der Waals surface area contributed by atoms with Crippen molar-refractivity contribution in [2.45, 2.75) is 31.5 Å². The van der Waals surface area contributed by atoms with Crippen molar-refractivity contribution in [1.82, 2.24) is 0 Å². The van der Waals surface area contributed by atoms with Gasteiger partial charge in [0.2, 0.25) is 0 Å². The van der Waals surface area contributed by atoms with E-state index in [0.717, 1.165) is 17.5 Å². The lowest BCUT2D eigenvalue weighted by Gasteiger charge is -2.32. The first-order valence-electron chi connectivity index (χ1n) is 6.98. The van der Waals surface area contributed by atoms with Crippen molar-refractivity contribution in [3.8, 4) is 0 Å². The monoisotopic (exact) mass is 291 g/mol. The van der Waals surface area contributed by atoms with Gasteiger partial charge in [0.25, 0.3) is 0 Å². The first kappa shape index (κ1) is 14.0. The molecule has 2 atom stereocenters. The van der Waals surface area contributed by atoms with E-state index in [-0.39, 0.29) is 12.0 Å². The summed E-state index contributed by atoms with van der Waals surface area (Å²) in [6.07, 6.45) is -3.43. The summed E-state index contributed by atoms with van der Waals surface area (Å²) in [6, 6.07) is 14.1. The third-order valence-electron chi connectivity index (χ3n) is 3.95. The summed E-state index contributed by atoms with van der Waals surface area (Å²) in [5.74, 6) is 0.139. The number of anilines is 1. The number of alkyl halides is 3. The molecular formula is C17H16F3N. The lowest BCUT2D eigenvalue weighted by Crippen LogP contribution is -2.26. The maximum Gasteiger partial charge on any atom is 0.416 e. The lowest BCUT2D eigenvalue weighted by molar-refractivity contribution is -0.137. The summed E-state index contributed by atoms with van der Waals surface area (Å²) in [5, 5.41) is 3.17. The summed E-state index contributed by atoms with van der Waals surface area (Å²) in [4.78, 5) is 0. The predicted octanol–water partition coefficient (Wildman–Crippen LogP) is 5.04. The molecule has 0 saturated carbocycles. The van der Waals surface area contributed by atoms with Gasteiger partial charge in [0.1, 0.15) is 0 Å². The Balaban J connectivity index is 2.06. The summed E-state index contributed by atoms with van der Waals surface area (Å²) in [5.41, 5.74) is 2.08. The Morgan fingerprint density at radius 2 is 1.76 bits per heavy atom. The van der Waals surface area contributed by atoms with Crippen molar-refractivity contribution >= 4 is 5.69 Å². The second-order valence-corrected chi connectivity index (χ2v) is 5.54. The second-order valence-electron chi connectivity index (χ2n) is 5.54. The maximum atomic E-state index is 12.8. The average Bonchev–Trinajstić information content (AvgIpc) is 2.45. The molecule has 1 heterocycles. The van der Waals surface area contributed by atoms with Gasteiger partial charge in [-0.3, -0.25) is 0 Å². The van der Waals surface area contributed by atoms with Gasteiger partial charge in [-0.15, -0.1) is 0 Å². The molecule has 0 aromatic heterocycles. The molecule has 0 unspecified atom stereocenters. The van der Waals surface area contributed by atoms with Crippen LogP contribution >= 0.6 is 0 Å². The molecule has 0 bridgehead atoms. The molecule has 1 nitrogen and oxygen atoms in total. The van der Waals surface area contributed by atoms with Gasteiger partial charge in [-0.25, -0.2) is 0 Å². The fourth-order valence-corrected chi connectivity index (χ4v) is 2.97. The molecule has 1 N–H and O–H groups in total. The van der Waals surface area contributed by atoms with Crippen LogP contribution in [-0.4, -0.2) is 6.04 Å². The summed E-state index contributed by atoms with van der Waals surface area (Å²) in [7, 11) is 0. The summed E-state index contributed by atoms with van der Waals surface area (Å²) < 4.78 is 38.5. The van der Waals surface area contributed by atoms with Crippen LogP contribution in [-0.2, 0) is 6.18 Å². The van der Waals surface area contributed by atoms with Gasteiger partial charge in [-0.05, 0) is 36.6 Å². The molecule has 0 saturated heterocycles. The molecule has 0 amide bonds. The maximum absolute atomic E-state index is 12.8. The van der Waals surface area contributed by atoms with Gasteiger partial charge in [-0.1, -0.05) is 36.4 Å². The number of rotatable bonds is 1. The van der Waals surface area contributed by atoms with Gasteiger partial charge in [0.15, 0.2) is 0 Å². The Hall–Kier alpha value is -1.97. The number of hydrogen-bond acceptors (Lipinski definition) is 1. The zero-order chi connectivity index (χ0) is 15.0. The van der Waals surface area contributed by atoms with Gasteiger partial charge in [0, 0.05) is 17.6 Å². The van der Waals surface area contributed by atoms with Gasteiger partial charge < -0.3 is 5.32 Å². The van der Waals surface area contributed by atoms with Crippen LogP contribution in [0.15, 0.2) is 48.5 Å². The highest BCUT2D eigenvalue weighted by Crippen LogP contribution is 2.41. The van der Waals surface area contributed by atoms with Crippen molar-refractivity contribution in [1.29, 1.82) is 0 Å². The van der Waals surface area contributed by atoms with E-state index in [1.807, 2.05) is 37.3 Å². The highest BCUT2D eigenvalue weighted by molar-refractivity contribution is 5.60. The topological polar surface area (TPSA) is 12.0 Å². The second kappa shape index (κ2) is 5.10. The fraction of sp³-hybridized carbons (Fsp3) is 0.294. The molecule has 4 heteroatoms. The molecule has 21 heavy (non-hydrogen) atoms. The first-order chi connectivity index (χ1) is 9.95. The molecule has 2 aromatic rings. The minimum Gasteiger partial charge on any atom is -0.382 e. The molecular weight excluding hydrogens is 275 g/mol. The largest absolute Gasteiger partial charge is 0.416 e. The van der Waals surface area contributed by atoms with E-state index in [0.29, 0.717) is 5.69 Å². The molecule has 110 valence electrons. The Morgan fingerprint density at radius 3 is 2.43 bits per heavy atom. The standard InChI is InChI=1S/C17H16F3N/c1-11-9-15(12-5-3-2-4-6-12)14-8-7-13(17(18,19)20)10-16(14)21-11/h2-8,10-11,15,21H,9H2,1H3/t11-,15-/m1/s1. The minimum absolute atomic E-state index is 0.139. The third-order valence-corrected chi connectivity index (χ3v) is 3.95. The van der Waals surface area contributed by atoms with Crippen LogP contribution < -0.4 is 5.32 Å². The van der Waals surface area contributed by atoms with Crippen LogP contribution in [0.25, 0.3) is 0 Å². The molecule has 1 aliphatic heterocycles. The number of nitrogens with one attached hydrogen (secondary N) is 1. The Bertz CT molecular complexity index is 634. The van der Waals surface area contributed by atoms with Gasteiger partial charge in [-0.2, -0.15) is 13.2 Å². The van der Waals surface area contributed by atoms with Crippen LogP contribution in [0.5, 0.6) is 0 Å². The van der Waals surface area contributed by atoms with Crippen molar-refractivity contribution in [2.24, 2.45) is 0 Å². The molecule has 1 aliphatic rings. The van der Waals surface area contributed by atoms with E-state index in [1.165, 1.54) is 12.1 Å². The highest BCUT2D eigenvalue weighted by atomic mass is 19.4. The van der Waals surface area contributed by atoms with Gasteiger partial charge in [0.05, 0.1) is 5.56 Å². The summed E-state index contributed by atoms with van der Waals surface area (Å²) in [6.45, 7) is 2.00. The SMILES string of the molecule is C[C@@H]1C[C@H](c2ccccc2)c2ccc(C(F)(F)F)cc2N1. The van der Waals surface area contributed by atoms with Crippen LogP contribution in [0.3, 0.4) is 0 Å². The Morgan fingerprint density at radius 1 is 1.05 bits per heavy atom. The van der Waals surface area contributed by atoms with Gasteiger partial charge >= 0.3 is 6.18 Å². The van der Waals surface area contributed by atoms with E-state index < -0.39 is 11.7 Å². The summed E-state index contributed by atoms with van der Waals surface area (Å²) >= 11 is 0.